The van der Waals surface area contributed by atoms with Crippen LogP contribution >= 0.6 is 0 Å². The van der Waals surface area contributed by atoms with E-state index in [2.05, 4.69) is 37.1 Å². The van der Waals surface area contributed by atoms with E-state index in [4.69, 9.17) is 5.73 Å². The van der Waals surface area contributed by atoms with Crippen molar-refractivity contribution in [3.63, 3.8) is 0 Å². The van der Waals surface area contributed by atoms with E-state index >= 15 is 0 Å². The van der Waals surface area contributed by atoms with E-state index in [0.29, 0.717) is 6.54 Å². The second kappa shape index (κ2) is 5.16. The Morgan fingerprint density at radius 1 is 1.26 bits per heavy atom. The minimum absolute atomic E-state index is 0.636. The van der Waals surface area contributed by atoms with E-state index in [-0.39, 0.29) is 0 Å². The first-order chi connectivity index (χ1) is 9.17. The van der Waals surface area contributed by atoms with Crippen molar-refractivity contribution >= 4 is 5.69 Å². The smallest absolute Gasteiger partial charge is 0.0411 e. The fraction of sp³-hybridized carbons (Fsp3) is 0.647. The maximum absolute atomic E-state index is 5.88. The molecule has 2 heteroatoms. The summed E-state index contributed by atoms with van der Waals surface area (Å²) in [5.41, 5.74) is 9.82. The van der Waals surface area contributed by atoms with Crippen LogP contribution in [0.2, 0.25) is 0 Å². The highest BCUT2D eigenvalue weighted by Crippen LogP contribution is 2.48. The van der Waals surface area contributed by atoms with Crippen LogP contribution in [0, 0.1) is 24.7 Å². The highest BCUT2D eigenvalue weighted by Gasteiger charge is 2.39. The molecule has 2 bridgehead atoms. The average molecular weight is 258 g/mol. The summed E-state index contributed by atoms with van der Waals surface area (Å²) in [6.45, 7) is 4.00. The number of nitrogens with zero attached hydrogens (tertiary/aromatic N) is 1. The van der Waals surface area contributed by atoms with Gasteiger partial charge in [0, 0.05) is 25.8 Å². The monoisotopic (exact) mass is 258 g/mol. The Morgan fingerprint density at radius 2 is 2.11 bits per heavy atom. The molecule has 3 rings (SSSR count). The summed E-state index contributed by atoms with van der Waals surface area (Å²) in [5.74, 6) is 2.95. The Balaban J connectivity index is 1.73. The van der Waals surface area contributed by atoms with Crippen LogP contribution in [0.1, 0.15) is 36.8 Å². The zero-order valence-corrected chi connectivity index (χ0v) is 12.2. The number of hydrogen-bond donors (Lipinski definition) is 1. The molecule has 2 aliphatic rings. The second-order valence-electron chi connectivity index (χ2n) is 6.65. The molecule has 2 fully saturated rings. The molecule has 1 aromatic carbocycles. The molecule has 0 aromatic heterocycles. The van der Waals surface area contributed by atoms with Gasteiger partial charge in [0.25, 0.3) is 0 Å². The van der Waals surface area contributed by atoms with E-state index in [9.17, 15) is 0 Å². The number of aryl methyl sites for hydroxylation is 1. The highest BCUT2D eigenvalue weighted by molar-refractivity contribution is 5.55. The number of anilines is 1. The van der Waals surface area contributed by atoms with Crippen LogP contribution in [-0.4, -0.2) is 13.6 Å². The summed E-state index contributed by atoms with van der Waals surface area (Å²) in [6, 6.07) is 6.63. The van der Waals surface area contributed by atoms with Crippen molar-refractivity contribution in [3.05, 3.63) is 29.3 Å². The van der Waals surface area contributed by atoms with Gasteiger partial charge in [0.1, 0.15) is 0 Å². The number of benzene rings is 1. The SMILES string of the molecule is Cc1ccc(CN)c(N(C)CC2CC3CCC2C3)c1. The first-order valence-corrected chi connectivity index (χ1v) is 7.68. The lowest BCUT2D eigenvalue weighted by Gasteiger charge is -2.30. The molecule has 2 aliphatic carbocycles. The Morgan fingerprint density at radius 3 is 2.74 bits per heavy atom. The van der Waals surface area contributed by atoms with Crippen LogP contribution in [-0.2, 0) is 6.54 Å². The molecule has 2 saturated carbocycles. The third-order valence-corrected chi connectivity index (χ3v) is 5.26. The predicted molar refractivity (Wildman–Crippen MR) is 81.3 cm³/mol. The largest absolute Gasteiger partial charge is 0.374 e. The maximum Gasteiger partial charge on any atom is 0.0411 e. The van der Waals surface area contributed by atoms with Gasteiger partial charge in [-0.05, 0) is 61.1 Å². The number of fused-ring (bicyclic) bond motifs is 2. The molecule has 1 aromatic rings. The topological polar surface area (TPSA) is 29.3 Å². The van der Waals surface area contributed by atoms with Gasteiger partial charge < -0.3 is 10.6 Å². The van der Waals surface area contributed by atoms with Crippen LogP contribution in [0.25, 0.3) is 0 Å². The van der Waals surface area contributed by atoms with Crippen LogP contribution in [0.15, 0.2) is 18.2 Å². The molecule has 104 valence electrons. The maximum atomic E-state index is 5.88. The third kappa shape index (κ3) is 2.51. The van der Waals surface area contributed by atoms with Crippen LogP contribution in [0.4, 0.5) is 5.69 Å². The lowest BCUT2D eigenvalue weighted by atomic mass is 9.88. The van der Waals surface area contributed by atoms with E-state index in [1.54, 1.807) is 0 Å². The Kier molecular flexibility index (Phi) is 3.53. The van der Waals surface area contributed by atoms with Crippen LogP contribution in [0.3, 0.4) is 0 Å². The molecule has 0 radical (unpaired) electrons. The van der Waals surface area contributed by atoms with Gasteiger partial charge in [-0.1, -0.05) is 18.6 Å². The first-order valence-electron chi connectivity index (χ1n) is 7.68. The lowest BCUT2D eigenvalue weighted by molar-refractivity contribution is 0.337. The molecule has 0 amide bonds. The summed E-state index contributed by atoms with van der Waals surface area (Å²) < 4.78 is 0. The Hall–Kier alpha value is -1.02. The minimum Gasteiger partial charge on any atom is -0.374 e. The molecule has 2 N–H and O–H groups in total. The van der Waals surface area contributed by atoms with Gasteiger partial charge >= 0.3 is 0 Å². The zero-order chi connectivity index (χ0) is 13.4. The molecule has 3 unspecified atom stereocenters. The van der Waals surface area contributed by atoms with Gasteiger partial charge in [-0.3, -0.25) is 0 Å². The molecule has 0 spiro atoms. The number of nitrogens with two attached hydrogens (primary N) is 1. The van der Waals surface area contributed by atoms with Gasteiger partial charge in [-0.15, -0.1) is 0 Å². The molecule has 0 saturated heterocycles. The molecule has 0 aliphatic heterocycles. The van der Waals surface area contributed by atoms with Crippen molar-refractivity contribution in [3.8, 4) is 0 Å². The molecular weight excluding hydrogens is 232 g/mol. The van der Waals surface area contributed by atoms with Crippen molar-refractivity contribution in [2.75, 3.05) is 18.5 Å². The van der Waals surface area contributed by atoms with E-state index < -0.39 is 0 Å². The minimum atomic E-state index is 0.636. The summed E-state index contributed by atoms with van der Waals surface area (Å²) in [7, 11) is 2.24. The third-order valence-electron chi connectivity index (χ3n) is 5.26. The normalized spacial score (nSPS) is 28.9. The van der Waals surface area contributed by atoms with Gasteiger partial charge in [0.15, 0.2) is 0 Å². The molecule has 2 nitrogen and oxygen atoms in total. The van der Waals surface area contributed by atoms with Crippen molar-refractivity contribution in [2.24, 2.45) is 23.5 Å². The lowest BCUT2D eigenvalue weighted by Crippen LogP contribution is -2.29. The number of rotatable bonds is 4. The summed E-state index contributed by atoms with van der Waals surface area (Å²) in [5, 5.41) is 0. The summed E-state index contributed by atoms with van der Waals surface area (Å²) >= 11 is 0. The van der Waals surface area contributed by atoms with E-state index in [0.717, 1.165) is 17.8 Å². The average Bonchev–Trinajstić information content (AvgIpc) is 3.01. The standard InChI is InChI=1S/C17H26N2/c1-12-3-5-15(10-18)17(7-12)19(2)11-16-9-13-4-6-14(16)8-13/h3,5,7,13-14,16H,4,6,8-11,18H2,1-2H3. The van der Waals surface area contributed by atoms with Crippen molar-refractivity contribution in [2.45, 2.75) is 39.2 Å². The van der Waals surface area contributed by atoms with Crippen molar-refractivity contribution < 1.29 is 0 Å². The van der Waals surface area contributed by atoms with E-state index in [1.165, 1.54) is 49.0 Å². The number of hydrogen-bond acceptors (Lipinski definition) is 2. The Labute approximate surface area is 117 Å². The van der Waals surface area contributed by atoms with E-state index in [1.807, 2.05) is 0 Å². The van der Waals surface area contributed by atoms with Crippen molar-refractivity contribution in [1.82, 2.24) is 0 Å². The predicted octanol–water partition coefficient (Wildman–Crippen LogP) is 3.33. The van der Waals surface area contributed by atoms with Gasteiger partial charge in [-0.2, -0.15) is 0 Å². The van der Waals surface area contributed by atoms with Gasteiger partial charge in [0.2, 0.25) is 0 Å². The molecular formula is C17H26N2. The highest BCUT2D eigenvalue weighted by atomic mass is 15.1. The molecule has 3 atom stereocenters. The zero-order valence-electron chi connectivity index (χ0n) is 12.2. The fourth-order valence-electron chi connectivity index (χ4n) is 4.25. The fourth-order valence-corrected chi connectivity index (χ4v) is 4.25. The van der Waals surface area contributed by atoms with Crippen LogP contribution in [0.5, 0.6) is 0 Å². The van der Waals surface area contributed by atoms with Crippen molar-refractivity contribution in [1.29, 1.82) is 0 Å². The Bertz CT molecular complexity index is 455. The first kappa shape index (κ1) is 13.0. The second-order valence-corrected chi connectivity index (χ2v) is 6.65. The molecule has 0 heterocycles. The van der Waals surface area contributed by atoms with Gasteiger partial charge in [0.05, 0.1) is 0 Å². The van der Waals surface area contributed by atoms with Crippen LogP contribution < -0.4 is 10.6 Å². The van der Waals surface area contributed by atoms with Gasteiger partial charge in [-0.25, -0.2) is 0 Å². The summed E-state index contributed by atoms with van der Waals surface area (Å²) in [6.07, 6.45) is 5.92. The summed E-state index contributed by atoms with van der Waals surface area (Å²) in [4.78, 5) is 2.44. The molecule has 19 heavy (non-hydrogen) atoms. The quantitative estimate of drug-likeness (QED) is 0.897.